The largest absolute Gasteiger partial charge is 0.464 e. The van der Waals surface area contributed by atoms with E-state index in [1.54, 1.807) is 30.5 Å². The standard InChI is InChI=1S/C20H22N2O4S/c1-13-8-9-17-16(12-26-20(17)14(13)2)10-19(23)21-11-15-6-4-5-7-18(15)22-27(3,24)25/h4-9,12,22H,10-11H2,1-3H3,(H,21,23). The summed E-state index contributed by atoms with van der Waals surface area (Å²) in [5.74, 6) is -0.162. The van der Waals surface area contributed by atoms with Gasteiger partial charge in [0.15, 0.2) is 0 Å². The van der Waals surface area contributed by atoms with Crippen LogP contribution in [0.2, 0.25) is 0 Å². The summed E-state index contributed by atoms with van der Waals surface area (Å²) in [4.78, 5) is 12.4. The number of amides is 1. The van der Waals surface area contributed by atoms with Gasteiger partial charge in [0.25, 0.3) is 0 Å². The molecule has 0 saturated heterocycles. The summed E-state index contributed by atoms with van der Waals surface area (Å²) in [6.07, 6.45) is 2.91. The molecule has 0 aliphatic rings. The van der Waals surface area contributed by atoms with E-state index in [1.807, 2.05) is 26.0 Å². The zero-order valence-electron chi connectivity index (χ0n) is 15.5. The highest BCUT2D eigenvalue weighted by Crippen LogP contribution is 2.26. The maximum Gasteiger partial charge on any atom is 0.229 e. The number of para-hydroxylation sites is 1. The fourth-order valence-corrected chi connectivity index (χ4v) is 3.53. The van der Waals surface area contributed by atoms with Crippen molar-refractivity contribution in [2.75, 3.05) is 11.0 Å². The lowest BCUT2D eigenvalue weighted by molar-refractivity contribution is -0.120. The molecule has 7 heteroatoms. The Hall–Kier alpha value is -2.80. The number of carbonyl (C=O) groups excluding carboxylic acids is 1. The van der Waals surface area contributed by atoms with E-state index >= 15 is 0 Å². The van der Waals surface area contributed by atoms with E-state index in [0.29, 0.717) is 11.3 Å². The lowest BCUT2D eigenvalue weighted by Crippen LogP contribution is -2.25. The monoisotopic (exact) mass is 386 g/mol. The Kier molecular flexibility index (Phi) is 5.23. The van der Waals surface area contributed by atoms with Crippen molar-refractivity contribution in [3.63, 3.8) is 0 Å². The van der Waals surface area contributed by atoms with Crippen molar-refractivity contribution in [2.24, 2.45) is 0 Å². The predicted molar refractivity (Wildman–Crippen MR) is 106 cm³/mol. The van der Waals surface area contributed by atoms with E-state index < -0.39 is 10.0 Å². The zero-order chi connectivity index (χ0) is 19.6. The average molecular weight is 386 g/mol. The number of sulfonamides is 1. The molecule has 142 valence electrons. The maximum atomic E-state index is 12.4. The number of hydrogen-bond acceptors (Lipinski definition) is 4. The number of anilines is 1. The number of carbonyl (C=O) groups is 1. The highest BCUT2D eigenvalue weighted by molar-refractivity contribution is 7.92. The van der Waals surface area contributed by atoms with Crippen LogP contribution in [0.3, 0.4) is 0 Å². The van der Waals surface area contributed by atoms with Crippen LogP contribution in [0.1, 0.15) is 22.3 Å². The van der Waals surface area contributed by atoms with Crippen LogP contribution in [-0.2, 0) is 27.8 Å². The number of hydrogen-bond donors (Lipinski definition) is 2. The third kappa shape index (κ3) is 4.49. The summed E-state index contributed by atoms with van der Waals surface area (Å²) >= 11 is 0. The molecule has 0 aliphatic heterocycles. The van der Waals surface area contributed by atoms with Gasteiger partial charge in [0.1, 0.15) is 5.58 Å². The molecule has 1 aromatic heterocycles. The quantitative estimate of drug-likeness (QED) is 0.680. The molecular weight excluding hydrogens is 364 g/mol. The van der Waals surface area contributed by atoms with Gasteiger partial charge in [0.05, 0.1) is 24.6 Å². The highest BCUT2D eigenvalue weighted by atomic mass is 32.2. The molecule has 3 rings (SSSR count). The Morgan fingerprint density at radius 2 is 1.81 bits per heavy atom. The van der Waals surface area contributed by atoms with Crippen LogP contribution in [0.5, 0.6) is 0 Å². The Balaban J connectivity index is 1.70. The van der Waals surface area contributed by atoms with Crippen molar-refractivity contribution < 1.29 is 17.6 Å². The van der Waals surface area contributed by atoms with Gasteiger partial charge in [-0.05, 0) is 36.6 Å². The van der Waals surface area contributed by atoms with E-state index in [2.05, 4.69) is 10.0 Å². The van der Waals surface area contributed by atoms with Crippen molar-refractivity contribution in [1.29, 1.82) is 0 Å². The molecular formula is C20H22N2O4S. The summed E-state index contributed by atoms with van der Waals surface area (Å²) < 4.78 is 31.0. The third-order valence-corrected chi connectivity index (χ3v) is 5.07. The van der Waals surface area contributed by atoms with Gasteiger partial charge in [0.2, 0.25) is 15.9 Å². The van der Waals surface area contributed by atoms with Crippen LogP contribution >= 0.6 is 0 Å². The van der Waals surface area contributed by atoms with Crippen molar-refractivity contribution >= 4 is 32.6 Å². The lowest BCUT2D eigenvalue weighted by atomic mass is 10.0. The van der Waals surface area contributed by atoms with Crippen LogP contribution < -0.4 is 10.0 Å². The minimum Gasteiger partial charge on any atom is -0.464 e. The Morgan fingerprint density at radius 1 is 1.07 bits per heavy atom. The summed E-state index contributed by atoms with van der Waals surface area (Å²) in [5.41, 5.74) is 5.00. The van der Waals surface area contributed by atoms with Gasteiger partial charge in [-0.15, -0.1) is 0 Å². The first kappa shape index (κ1) is 19.0. The van der Waals surface area contributed by atoms with Crippen LogP contribution in [0.15, 0.2) is 47.1 Å². The first-order valence-corrected chi connectivity index (χ1v) is 10.4. The number of benzene rings is 2. The molecule has 2 aromatic carbocycles. The van der Waals surface area contributed by atoms with Gasteiger partial charge in [-0.3, -0.25) is 9.52 Å². The highest BCUT2D eigenvalue weighted by Gasteiger charge is 2.13. The SMILES string of the molecule is Cc1ccc2c(CC(=O)NCc3ccccc3NS(C)(=O)=O)coc2c1C. The van der Waals surface area contributed by atoms with E-state index in [9.17, 15) is 13.2 Å². The number of nitrogens with one attached hydrogen (secondary N) is 2. The van der Waals surface area contributed by atoms with Gasteiger partial charge in [-0.2, -0.15) is 0 Å². The number of rotatable bonds is 6. The zero-order valence-corrected chi connectivity index (χ0v) is 16.3. The van der Waals surface area contributed by atoms with Gasteiger partial charge in [0, 0.05) is 17.5 Å². The van der Waals surface area contributed by atoms with E-state index in [1.165, 1.54) is 0 Å². The summed E-state index contributed by atoms with van der Waals surface area (Å²) in [6.45, 7) is 4.24. The maximum absolute atomic E-state index is 12.4. The number of fused-ring (bicyclic) bond motifs is 1. The van der Waals surface area contributed by atoms with Gasteiger partial charge in [-0.25, -0.2) is 8.42 Å². The molecule has 27 heavy (non-hydrogen) atoms. The first-order chi connectivity index (χ1) is 12.7. The number of aryl methyl sites for hydroxylation is 2. The smallest absolute Gasteiger partial charge is 0.229 e. The molecule has 1 amide bonds. The average Bonchev–Trinajstić information content (AvgIpc) is 2.99. The minimum absolute atomic E-state index is 0.162. The molecule has 6 nitrogen and oxygen atoms in total. The topological polar surface area (TPSA) is 88.4 Å². The van der Waals surface area contributed by atoms with E-state index in [4.69, 9.17) is 4.42 Å². The molecule has 0 spiro atoms. The first-order valence-electron chi connectivity index (χ1n) is 8.53. The molecule has 0 radical (unpaired) electrons. The fraction of sp³-hybridized carbons (Fsp3) is 0.250. The summed E-state index contributed by atoms with van der Waals surface area (Å²) in [6, 6.07) is 11.0. The molecule has 0 bridgehead atoms. The molecule has 0 fully saturated rings. The molecule has 2 N–H and O–H groups in total. The van der Waals surface area contributed by atoms with E-state index in [-0.39, 0.29) is 18.9 Å². The fourth-order valence-electron chi connectivity index (χ4n) is 2.93. The van der Waals surface area contributed by atoms with Crippen LogP contribution in [0.25, 0.3) is 11.0 Å². The molecule has 0 unspecified atom stereocenters. The van der Waals surface area contributed by atoms with Crippen LogP contribution in [0.4, 0.5) is 5.69 Å². The summed E-state index contributed by atoms with van der Waals surface area (Å²) in [5, 5.41) is 3.78. The molecule has 3 aromatic rings. The second-order valence-corrected chi connectivity index (χ2v) is 8.38. The summed E-state index contributed by atoms with van der Waals surface area (Å²) in [7, 11) is -3.39. The van der Waals surface area contributed by atoms with Gasteiger partial charge >= 0.3 is 0 Å². The molecule has 0 atom stereocenters. The van der Waals surface area contributed by atoms with Crippen molar-refractivity contribution in [3.8, 4) is 0 Å². The minimum atomic E-state index is -3.39. The predicted octanol–water partition coefficient (Wildman–Crippen LogP) is 3.28. The van der Waals surface area contributed by atoms with Gasteiger partial charge in [-0.1, -0.05) is 30.3 Å². The lowest BCUT2D eigenvalue weighted by Gasteiger charge is -2.11. The molecule has 1 heterocycles. The number of furan rings is 1. The van der Waals surface area contributed by atoms with Crippen molar-refractivity contribution in [1.82, 2.24) is 5.32 Å². The van der Waals surface area contributed by atoms with Gasteiger partial charge < -0.3 is 9.73 Å². The molecule has 0 aliphatic carbocycles. The second kappa shape index (κ2) is 7.44. The normalized spacial score (nSPS) is 11.5. The van der Waals surface area contributed by atoms with Crippen LogP contribution in [0, 0.1) is 13.8 Å². The molecule has 0 saturated carbocycles. The Labute approximate surface area is 158 Å². The third-order valence-electron chi connectivity index (χ3n) is 4.48. The van der Waals surface area contributed by atoms with Crippen molar-refractivity contribution in [2.45, 2.75) is 26.8 Å². The second-order valence-electron chi connectivity index (χ2n) is 6.63. The van der Waals surface area contributed by atoms with Crippen molar-refractivity contribution in [3.05, 3.63) is 64.9 Å². The Bertz CT molecular complexity index is 1100. The Morgan fingerprint density at radius 3 is 2.56 bits per heavy atom. The van der Waals surface area contributed by atoms with Crippen LogP contribution in [-0.4, -0.2) is 20.6 Å². The van der Waals surface area contributed by atoms with E-state index in [0.717, 1.165) is 33.9 Å².